The van der Waals surface area contributed by atoms with Gasteiger partial charge in [0, 0.05) is 19.3 Å². The molecule has 0 bridgehead atoms. The van der Waals surface area contributed by atoms with Gasteiger partial charge in [0.1, 0.15) is 13.2 Å². The molecule has 61 heavy (non-hydrogen) atoms. The second kappa shape index (κ2) is 49.4. The van der Waals surface area contributed by atoms with Gasteiger partial charge in [0.15, 0.2) is 6.10 Å². The lowest BCUT2D eigenvalue weighted by Gasteiger charge is -2.18. The van der Waals surface area contributed by atoms with E-state index in [0.717, 1.165) is 63.7 Å². The third-order valence-electron chi connectivity index (χ3n) is 12.5. The Kier molecular flexibility index (Phi) is 48.1. The van der Waals surface area contributed by atoms with Crippen molar-refractivity contribution in [2.75, 3.05) is 13.2 Å². The van der Waals surface area contributed by atoms with E-state index in [1.807, 2.05) is 0 Å². The number of ether oxygens (including phenoxy) is 3. The van der Waals surface area contributed by atoms with Crippen molar-refractivity contribution in [2.45, 2.75) is 316 Å². The summed E-state index contributed by atoms with van der Waals surface area (Å²) in [7, 11) is 0. The van der Waals surface area contributed by atoms with Crippen molar-refractivity contribution in [1.29, 1.82) is 0 Å². The smallest absolute Gasteiger partial charge is 0.306 e. The summed E-state index contributed by atoms with van der Waals surface area (Å²) in [5.74, 6) is 0.00532. The average molecular weight is 863 g/mol. The van der Waals surface area contributed by atoms with Crippen molar-refractivity contribution >= 4 is 17.9 Å². The van der Waals surface area contributed by atoms with Crippen LogP contribution in [0.1, 0.15) is 310 Å². The van der Waals surface area contributed by atoms with E-state index in [4.69, 9.17) is 14.2 Å². The maximum Gasteiger partial charge on any atom is 0.306 e. The summed E-state index contributed by atoms with van der Waals surface area (Å²) in [5.41, 5.74) is 0. The zero-order valence-electron chi connectivity index (χ0n) is 41.6. The fourth-order valence-corrected chi connectivity index (χ4v) is 8.39. The van der Waals surface area contributed by atoms with Crippen LogP contribution in [0.15, 0.2) is 0 Å². The van der Waals surface area contributed by atoms with Crippen molar-refractivity contribution < 1.29 is 28.6 Å². The van der Waals surface area contributed by atoms with E-state index in [2.05, 4.69) is 27.7 Å². The van der Waals surface area contributed by atoms with Crippen molar-refractivity contribution in [1.82, 2.24) is 0 Å². The molecule has 6 heteroatoms. The van der Waals surface area contributed by atoms with Crippen LogP contribution in [0.2, 0.25) is 0 Å². The molecule has 0 aromatic carbocycles. The summed E-state index contributed by atoms with van der Waals surface area (Å²) < 4.78 is 16.8. The zero-order chi connectivity index (χ0) is 44.5. The van der Waals surface area contributed by atoms with Crippen LogP contribution in [-0.2, 0) is 28.6 Å². The largest absolute Gasteiger partial charge is 0.462 e. The second-order valence-corrected chi connectivity index (χ2v) is 19.3. The average Bonchev–Trinajstić information content (AvgIpc) is 3.24. The Hall–Kier alpha value is -1.59. The third kappa shape index (κ3) is 49.3. The van der Waals surface area contributed by atoms with E-state index < -0.39 is 6.10 Å². The quantitative estimate of drug-likeness (QED) is 0.0344. The highest BCUT2D eigenvalue weighted by Crippen LogP contribution is 2.18. The SMILES string of the molecule is CCCCCCCCCCCCCCCCCCCC(=O)OC[C@@H](COC(=O)CCCCCCCCCCCCCCCCCCC(C)C)OC(=O)CCCCCCCCC. The predicted octanol–water partition coefficient (Wildman–Crippen LogP) is 17.8. The molecule has 0 heterocycles. The van der Waals surface area contributed by atoms with Crippen LogP contribution in [0.4, 0.5) is 0 Å². The standard InChI is InChI=1S/C55H106O6/c1-5-7-9-11-13-14-15-16-17-18-22-25-28-31-35-38-42-46-53(56)59-49-52(61-55(58)48-44-40-33-12-10-8-6-2)50-60-54(57)47-43-39-36-32-29-26-23-20-19-21-24-27-30-34-37-41-45-51(3)4/h51-52H,5-50H2,1-4H3/t52-/m0/s1. The Labute approximate surface area is 380 Å². The minimum atomic E-state index is -0.759. The maximum absolute atomic E-state index is 12.7. The minimum Gasteiger partial charge on any atom is -0.462 e. The van der Waals surface area contributed by atoms with Gasteiger partial charge in [0.2, 0.25) is 0 Å². The van der Waals surface area contributed by atoms with Gasteiger partial charge in [-0.1, -0.05) is 272 Å². The number of rotatable bonds is 50. The summed E-state index contributed by atoms with van der Waals surface area (Å²) >= 11 is 0. The molecular formula is C55H106O6. The van der Waals surface area contributed by atoms with Crippen LogP contribution < -0.4 is 0 Å². The van der Waals surface area contributed by atoms with Crippen molar-refractivity contribution in [3.63, 3.8) is 0 Å². The first-order valence-electron chi connectivity index (χ1n) is 27.4. The molecule has 0 aromatic rings. The zero-order valence-corrected chi connectivity index (χ0v) is 41.6. The van der Waals surface area contributed by atoms with Gasteiger partial charge in [-0.25, -0.2) is 0 Å². The van der Waals surface area contributed by atoms with Gasteiger partial charge in [-0.05, 0) is 25.2 Å². The van der Waals surface area contributed by atoms with Gasteiger partial charge in [0.25, 0.3) is 0 Å². The fraction of sp³-hybridized carbons (Fsp3) is 0.945. The van der Waals surface area contributed by atoms with Gasteiger partial charge < -0.3 is 14.2 Å². The summed E-state index contributed by atoms with van der Waals surface area (Å²) in [5, 5.41) is 0. The summed E-state index contributed by atoms with van der Waals surface area (Å²) in [6, 6.07) is 0. The van der Waals surface area contributed by atoms with E-state index >= 15 is 0 Å². The first-order chi connectivity index (χ1) is 29.9. The number of hydrogen-bond acceptors (Lipinski definition) is 6. The number of esters is 3. The first kappa shape index (κ1) is 59.4. The van der Waals surface area contributed by atoms with Crippen LogP contribution in [0.5, 0.6) is 0 Å². The van der Waals surface area contributed by atoms with Crippen molar-refractivity contribution in [2.24, 2.45) is 5.92 Å². The molecule has 0 aliphatic heterocycles. The molecule has 362 valence electrons. The molecule has 0 N–H and O–H groups in total. The number of carbonyl (C=O) groups is 3. The van der Waals surface area contributed by atoms with Crippen LogP contribution in [-0.4, -0.2) is 37.2 Å². The molecule has 0 saturated heterocycles. The summed E-state index contributed by atoms with van der Waals surface area (Å²) in [4.78, 5) is 37.8. The fourth-order valence-electron chi connectivity index (χ4n) is 8.39. The molecular weight excluding hydrogens is 757 g/mol. The molecule has 0 saturated carbocycles. The van der Waals surface area contributed by atoms with Crippen molar-refractivity contribution in [3.05, 3.63) is 0 Å². The van der Waals surface area contributed by atoms with Gasteiger partial charge in [-0.15, -0.1) is 0 Å². The summed E-state index contributed by atoms with van der Waals surface area (Å²) in [6.07, 6.45) is 52.5. The molecule has 0 amide bonds. The highest BCUT2D eigenvalue weighted by molar-refractivity contribution is 5.71. The van der Waals surface area contributed by atoms with Gasteiger partial charge >= 0.3 is 17.9 Å². The van der Waals surface area contributed by atoms with Gasteiger partial charge in [0.05, 0.1) is 0 Å². The normalized spacial score (nSPS) is 12.0. The minimum absolute atomic E-state index is 0.0630. The predicted molar refractivity (Wildman–Crippen MR) is 261 cm³/mol. The Morgan fingerprint density at radius 1 is 0.311 bits per heavy atom. The highest BCUT2D eigenvalue weighted by Gasteiger charge is 2.19. The third-order valence-corrected chi connectivity index (χ3v) is 12.5. The molecule has 0 radical (unpaired) electrons. The van der Waals surface area contributed by atoms with E-state index in [-0.39, 0.29) is 31.1 Å². The summed E-state index contributed by atoms with van der Waals surface area (Å²) in [6.45, 7) is 9.02. The van der Waals surface area contributed by atoms with E-state index in [1.54, 1.807) is 0 Å². The number of carbonyl (C=O) groups excluding carboxylic acids is 3. The Morgan fingerprint density at radius 2 is 0.541 bits per heavy atom. The molecule has 0 aromatic heterocycles. The van der Waals surface area contributed by atoms with E-state index in [0.29, 0.717) is 19.3 Å². The molecule has 0 spiro atoms. The highest BCUT2D eigenvalue weighted by atomic mass is 16.6. The van der Waals surface area contributed by atoms with Crippen molar-refractivity contribution in [3.8, 4) is 0 Å². The molecule has 1 atom stereocenters. The molecule has 0 aliphatic carbocycles. The molecule has 6 nitrogen and oxygen atoms in total. The molecule has 0 fully saturated rings. The lowest BCUT2D eigenvalue weighted by molar-refractivity contribution is -0.167. The van der Waals surface area contributed by atoms with Crippen LogP contribution in [0, 0.1) is 5.92 Å². The lowest BCUT2D eigenvalue weighted by Crippen LogP contribution is -2.30. The monoisotopic (exact) mass is 863 g/mol. The topological polar surface area (TPSA) is 78.9 Å². The Bertz CT molecular complexity index is 918. The van der Waals surface area contributed by atoms with Gasteiger partial charge in [-0.2, -0.15) is 0 Å². The van der Waals surface area contributed by atoms with E-state index in [9.17, 15) is 14.4 Å². The van der Waals surface area contributed by atoms with E-state index in [1.165, 1.54) is 205 Å². The maximum atomic E-state index is 12.7. The van der Waals surface area contributed by atoms with Gasteiger partial charge in [-0.3, -0.25) is 14.4 Å². The second-order valence-electron chi connectivity index (χ2n) is 19.3. The number of hydrogen-bond donors (Lipinski definition) is 0. The molecule has 0 aliphatic rings. The molecule has 0 unspecified atom stereocenters. The lowest BCUT2D eigenvalue weighted by atomic mass is 10.0. The van der Waals surface area contributed by atoms with Crippen LogP contribution in [0.3, 0.4) is 0 Å². The Balaban J connectivity index is 4.11. The molecule has 0 rings (SSSR count). The van der Waals surface area contributed by atoms with Crippen LogP contribution >= 0.6 is 0 Å². The first-order valence-corrected chi connectivity index (χ1v) is 27.4. The number of unbranched alkanes of at least 4 members (excludes halogenated alkanes) is 37. The Morgan fingerprint density at radius 3 is 0.803 bits per heavy atom. The van der Waals surface area contributed by atoms with Crippen LogP contribution in [0.25, 0.3) is 0 Å².